The molecule has 0 aliphatic heterocycles. The highest BCUT2D eigenvalue weighted by atomic mass is 16.5. The van der Waals surface area contributed by atoms with Gasteiger partial charge in [-0.1, -0.05) is 19.3 Å². The van der Waals surface area contributed by atoms with Gasteiger partial charge in [0.2, 0.25) is 0 Å². The van der Waals surface area contributed by atoms with Gasteiger partial charge in [0.15, 0.2) is 5.96 Å². The SMILES string of the molecule is CCOC1CC(NC(=NC)NCCC2CC2)C12CCC2. The van der Waals surface area contributed by atoms with Crippen LogP contribution >= 0.6 is 0 Å². The Morgan fingerprint density at radius 3 is 2.70 bits per heavy atom. The van der Waals surface area contributed by atoms with Gasteiger partial charge in [-0.2, -0.15) is 0 Å². The third-order valence-corrected chi connectivity index (χ3v) is 5.51. The molecule has 0 aromatic carbocycles. The Morgan fingerprint density at radius 2 is 2.15 bits per heavy atom. The highest BCUT2D eigenvalue weighted by Crippen LogP contribution is 2.57. The minimum Gasteiger partial charge on any atom is -0.378 e. The highest BCUT2D eigenvalue weighted by molar-refractivity contribution is 5.80. The first-order chi connectivity index (χ1) is 9.78. The van der Waals surface area contributed by atoms with E-state index in [1.807, 2.05) is 7.05 Å². The van der Waals surface area contributed by atoms with Crippen LogP contribution < -0.4 is 10.6 Å². The molecule has 114 valence electrons. The van der Waals surface area contributed by atoms with E-state index in [4.69, 9.17) is 4.74 Å². The highest BCUT2D eigenvalue weighted by Gasteiger charge is 2.59. The Bertz CT molecular complexity index is 361. The second kappa shape index (κ2) is 5.92. The summed E-state index contributed by atoms with van der Waals surface area (Å²) in [6, 6.07) is 0.555. The van der Waals surface area contributed by atoms with Crippen LogP contribution in [0.15, 0.2) is 4.99 Å². The Hall–Kier alpha value is -0.770. The van der Waals surface area contributed by atoms with Crippen molar-refractivity contribution in [1.82, 2.24) is 10.6 Å². The lowest BCUT2D eigenvalue weighted by Crippen LogP contribution is -2.68. The third-order valence-electron chi connectivity index (χ3n) is 5.51. The van der Waals surface area contributed by atoms with Crippen molar-refractivity contribution < 1.29 is 4.74 Å². The zero-order valence-electron chi connectivity index (χ0n) is 13.0. The zero-order chi connectivity index (χ0) is 14.0. The van der Waals surface area contributed by atoms with Gasteiger partial charge < -0.3 is 15.4 Å². The van der Waals surface area contributed by atoms with Crippen LogP contribution in [0, 0.1) is 11.3 Å². The third kappa shape index (κ3) is 2.67. The van der Waals surface area contributed by atoms with E-state index in [1.54, 1.807) is 0 Å². The van der Waals surface area contributed by atoms with Crippen molar-refractivity contribution in [2.24, 2.45) is 16.3 Å². The van der Waals surface area contributed by atoms with Crippen LogP contribution in [-0.4, -0.2) is 38.3 Å². The average Bonchev–Trinajstić information content (AvgIpc) is 3.17. The number of rotatable bonds is 6. The molecule has 2 atom stereocenters. The van der Waals surface area contributed by atoms with Crippen molar-refractivity contribution in [3.8, 4) is 0 Å². The fourth-order valence-electron chi connectivity index (χ4n) is 3.80. The molecule has 0 bridgehead atoms. The molecule has 0 amide bonds. The summed E-state index contributed by atoms with van der Waals surface area (Å²) >= 11 is 0. The Labute approximate surface area is 122 Å². The van der Waals surface area contributed by atoms with Crippen molar-refractivity contribution in [1.29, 1.82) is 0 Å². The lowest BCUT2D eigenvalue weighted by atomic mass is 9.51. The second-order valence-corrected chi connectivity index (χ2v) is 6.69. The summed E-state index contributed by atoms with van der Waals surface area (Å²) in [4.78, 5) is 4.38. The minimum absolute atomic E-state index is 0.407. The number of guanidine groups is 1. The van der Waals surface area contributed by atoms with Crippen LogP contribution in [0.3, 0.4) is 0 Å². The van der Waals surface area contributed by atoms with Gasteiger partial charge in [0.1, 0.15) is 0 Å². The first-order valence-corrected chi connectivity index (χ1v) is 8.37. The van der Waals surface area contributed by atoms with Crippen molar-refractivity contribution >= 4 is 5.96 Å². The first-order valence-electron chi connectivity index (χ1n) is 8.37. The van der Waals surface area contributed by atoms with E-state index in [1.165, 1.54) is 38.5 Å². The topological polar surface area (TPSA) is 45.6 Å². The predicted octanol–water partition coefficient (Wildman–Crippen LogP) is 2.30. The molecule has 20 heavy (non-hydrogen) atoms. The summed E-state index contributed by atoms with van der Waals surface area (Å²) in [5, 5.41) is 7.11. The maximum absolute atomic E-state index is 5.90. The second-order valence-electron chi connectivity index (χ2n) is 6.69. The van der Waals surface area contributed by atoms with Crippen LogP contribution in [0.5, 0.6) is 0 Å². The fraction of sp³-hybridized carbons (Fsp3) is 0.938. The van der Waals surface area contributed by atoms with Gasteiger partial charge in [0.05, 0.1) is 6.10 Å². The lowest BCUT2D eigenvalue weighted by molar-refractivity contribution is -0.168. The van der Waals surface area contributed by atoms with Gasteiger partial charge in [-0.3, -0.25) is 4.99 Å². The summed E-state index contributed by atoms with van der Waals surface area (Å²) in [7, 11) is 1.87. The standard InChI is InChI=1S/C16H29N3O/c1-3-20-14-11-13(16(14)8-4-9-16)19-15(17-2)18-10-7-12-5-6-12/h12-14H,3-11H2,1-2H3,(H2,17,18,19). The van der Waals surface area contributed by atoms with Gasteiger partial charge in [-0.15, -0.1) is 0 Å². The molecule has 4 nitrogen and oxygen atoms in total. The molecular weight excluding hydrogens is 250 g/mol. The van der Waals surface area contributed by atoms with Gasteiger partial charge in [-0.05, 0) is 38.5 Å². The smallest absolute Gasteiger partial charge is 0.191 e. The molecule has 2 unspecified atom stereocenters. The number of aliphatic imine (C=N–C) groups is 1. The molecule has 0 aromatic heterocycles. The lowest BCUT2D eigenvalue weighted by Gasteiger charge is -2.61. The summed E-state index contributed by atoms with van der Waals surface area (Å²) in [5.41, 5.74) is 0.407. The molecule has 3 aliphatic rings. The molecule has 3 saturated carbocycles. The van der Waals surface area contributed by atoms with Crippen LogP contribution in [0.25, 0.3) is 0 Å². The predicted molar refractivity (Wildman–Crippen MR) is 81.9 cm³/mol. The summed E-state index contributed by atoms with van der Waals surface area (Å²) < 4.78 is 5.90. The maximum atomic E-state index is 5.90. The van der Waals surface area contributed by atoms with Gasteiger partial charge >= 0.3 is 0 Å². The molecule has 1 spiro atoms. The molecule has 4 heteroatoms. The van der Waals surface area contributed by atoms with E-state index in [-0.39, 0.29) is 0 Å². The summed E-state index contributed by atoms with van der Waals surface area (Å²) in [5.74, 6) is 1.96. The van der Waals surface area contributed by atoms with Gasteiger partial charge in [0, 0.05) is 31.7 Å². The van der Waals surface area contributed by atoms with Crippen molar-refractivity contribution in [3.05, 3.63) is 0 Å². The first kappa shape index (κ1) is 14.2. The van der Waals surface area contributed by atoms with Crippen LogP contribution in [-0.2, 0) is 4.74 Å². The fourth-order valence-corrected chi connectivity index (χ4v) is 3.80. The average molecular weight is 279 g/mol. The van der Waals surface area contributed by atoms with E-state index >= 15 is 0 Å². The number of nitrogens with zero attached hydrogens (tertiary/aromatic N) is 1. The molecule has 0 radical (unpaired) electrons. The van der Waals surface area contributed by atoms with Gasteiger partial charge in [0.25, 0.3) is 0 Å². The molecule has 0 saturated heterocycles. The Morgan fingerprint density at radius 1 is 1.35 bits per heavy atom. The zero-order valence-corrected chi connectivity index (χ0v) is 13.0. The molecule has 3 aliphatic carbocycles. The Kier molecular flexibility index (Phi) is 4.20. The number of ether oxygens (including phenoxy) is 1. The molecular formula is C16H29N3O. The van der Waals surface area contributed by atoms with E-state index in [0.717, 1.165) is 31.4 Å². The molecule has 3 fully saturated rings. The molecule has 0 heterocycles. The molecule has 0 aromatic rings. The largest absolute Gasteiger partial charge is 0.378 e. The Balaban J connectivity index is 1.46. The minimum atomic E-state index is 0.407. The summed E-state index contributed by atoms with van der Waals surface area (Å²) in [6.07, 6.45) is 9.74. The van der Waals surface area contributed by atoms with E-state index < -0.39 is 0 Å². The van der Waals surface area contributed by atoms with Crippen molar-refractivity contribution in [2.75, 3.05) is 20.2 Å². The van der Waals surface area contributed by atoms with Gasteiger partial charge in [-0.25, -0.2) is 0 Å². The van der Waals surface area contributed by atoms with Crippen LogP contribution in [0.1, 0.15) is 51.9 Å². The normalized spacial score (nSPS) is 31.6. The van der Waals surface area contributed by atoms with Crippen molar-refractivity contribution in [2.45, 2.75) is 64.0 Å². The summed E-state index contributed by atoms with van der Waals surface area (Å²) in [6.45, 7) is 4.00. The van der Waals surface area contributed by atoms with E-state index in [0.29, 0.717) is 17.6 Å². The monoisotopic (exact) mass is 279 g/mol. The van der Waals surface area contributed by atoms with Crippen LogP contribution in [0.2, 0.25) is 0 Å². The number of hydrogen-bond donors (Lipinski definition) is 2. The van der Waals surface area contributed by atoms with E-state index in [9.17, 15) is 0 Å². The molecule has 3 rings (SSSR count). The maximum Gasteiger partial charge on any atom is 0.191 e. The van der Waals surface area contributed by atoms with Crippen LogP contribution in [0.4, 0.5) is 0 Å². The van der Waals surface area contributed by atoms with Crippen molar-refractivity contribution in [3.63, 3.8) is 0 Å². The number of hydrogen-bond acceptors (Lipinski definition) is 2. The number of nitrogens with one attached hydrogen (secondary N) is 2. The molecule has 2 N–H and O–H groups in total. The van der Waals surface area contributed by atoms with E-state index in [2.05, 4.69) is 22.5 Å². The quantitative estimate of drug-likeness (QED) is 0.579.